The zero-order chi connectivity index (χ0) is 12.4. The maximum atomic E-state index is 6.32. The van der Waals surface area contributed by atoms with E-state index in [-0.39, 0.29) is 0 Å². The molecule has 94 valence electrons. The molecule has 4 heteroatoms. The monoisotopic (exact) mass is 333 g/mol. The van der Waals surface area contributed by atoms with E-state index in [1.807, 2.05) is 17.8 Å². The third kappa shape index (κ3) is 3.01. The van der Waals surface area contributed by atoms with Gasteiger partial charge in [-0.05, 0) is 36.2 Å². The number of hydrogen-bond donors (Lipinski definition) is 1. The summed E-state index contributed by atoms with van der Waals surface area (Å²) in [5.74, 6) is 1.02. The standard InChI is InChI=1S/C13H17BrClNS/c1-3-4-16-13-8(2)17-7-11-10(13)5-9(14)6-12(11)15/h5-6,8,13,16H,3-4,7H2,1-2H3. The SMILES string of the molecule is CCCNC1c2cc(Br)cc(Cl)c2CSC1C. The van der Waals surface area contributed by atoms with Gasteiger partial charge >= 0.3 is 0 Å². The molecule has 0 radical (unpaired) electrons. The zero-order valence-electron chi connectivity index (χ0n) is 10.1. The molecule has 1 aliphatic heterocycles. The Kier molecular flexibility index (Phi) is 4.81. The van der Waals surface area contributed by atoms with Crippen LogP contribution in [0, 0.1) is 0 Å². The first-order chi connectivity index (χ1) is 8.13. The van der Waals surface area contributed by atoms with Crippen molar-refractivity contribution in [1.82, 2.24) is 5.32 Å². The van der Waals surface area contributed by atoms with Crippen LogP contribution in [0.5, 0.6) is 0 Å². The number of fused-ring (bicyclic) bond motifs is 1. The summed E-state index contributed by atoms with van der Waals surface area (Å²) in [4.78, 5) is 0. The van der Waals surface area contributed by atoms with Gasteiger partial charge in [0.1, 0.15) is 0 Å². The maximum absolute atomic E-state index is 6.32. The molecule has 0 spiro atoms. The van der Waals surface area contributed by atoms with Gasteiger partial charge in [-0.3, -0.25) is 0 Å². The van der Waals surface area contributed by atoms with Gasteiger partial charge in [-0.2, -0.15) is 11.8 Å². The van der Waals surface area contributed by atoms with Crippen molar-refractivity contribution in [1.29, 1.82) is 0 Å². The highest BCUT2D eigenvalue weighted by Gasteiger charge is 2.28. The summed E-state index contributed by atoms with van der Waals surface area (Å²) in [7, 11) is 0. The molecule has 0 fully saturated rings. The van der Waals surface area contributed by atoms with Crippen molar-refractivity contribution in [2.45, 2.75) is 37.3 Å². The molecule has 1 N–H and O–H groups in total. The Morgan fingerprint density at radius 1 is 1.53 bits per heavy atom. The summed E-state index contributed by atoms with van der Waals surface area (Å²) in [6.07, 6.45) is 1.16. The molecule has 2 unspecified atom stereocenters. The van der Waals surface area contributed by atoms with Crippen LogP contribution in [0.3, 0.4) is 0 Å². The number of hydrogen-bond acceptors (Lipinski definition) is 2. The fourth-order valence-corrected chi connectivity index (χ4v) is 4.36. The first kappa shape index (κ1) is 13.7. The van der Waals surface area contributed by atoms with Crippen LogP contribution < -0.4 is 5.32 Å². The molecule has 0 amide bonds. The highest BCUT2D eigenvalue weighted by atomic mass is 79.9. The van der Waals surface area contributed by atoms with Crippen molar-refractivity contribution >= 4 is 39.3 Å². The van der Waals surface area contributed by atoms with E-state index in [0.717, 1.165) is 28.2 Å². The second-order valence-corrected chi connectivity index (χ2v) is 7.09. The summed E-state index contributed by atoms with van der Waals surface area (Å²) in [5, 5.41) is 5.11. The zero-order valence-corrected chi connectivity index (χ0v) is 13.3. The number of halogens is 2. The molecule has 1 nitrogen and oxygen atoms in total. The summed E-state index contributed by atoms with van der Waals surface area (Å²) in [6.45, 7) is 5.54. The molecule has 0 bridgehead atoms. The number of benzene rings is 1. The molecule has 1 aromatic carbocycles. The lowest BCUT2D eigenvalue weighted by Crippen LogP contribution is -2.32. The van der Waals surface area contributed by atoms with Gasteiger partial charge in [-0.1, -0.05) is 41.4 Å². The van der Waals surface area contributed by atoms with Gasteiger partial charge < -0.3 is 5.32 Å². The summed E-state index contributed by atoms with van der Waals surface area (Å²) in [6, 6.07) is 4.62. The molecule has 2 atom stereocenters. The molecule has 0 saturated heterocycles. The van der Waals surface area contributed by atoms with E-state index in [9.17, 15) is 0 Å². The predicted molar refractivity (Wildman–Crippen MR) is 80.9 cm³/mol. The topological polar surface area (TPSA) is 12.0 Å². The van der Waals surface area contributed by atoms with Crippen LogP contribution in [-0.4, -0.2) is 11.8 Å². The van der Waals surface area contributed by atoms with Crippen molar-refractivity contribution in [3.63, 3.8) is 0 Å². The first-order valence-corrected chi connectivity index (χ1v) is 8.18. The molecule has 0 aliphatic carbocycles. The molecule has 1 aliphatic rings. The van der Waals surface area contributed by atoms with Gasteiger partial charge in [-0.15, -0.1) is 0 Å². The number of nitrogens with one attached hydrogen (secondary N) is 1. The molecular formula is C13H17BrClNS. The summed E-state index contributed by atoms with van der Waals surface area (Å²) in [5.41, 5.74) is 2.66. The average Bonchev–Trinajstić information content (AvgIpc) is 2.27. The Hall–Kier alpha value is 0.300. The van der Waals surface area contributed by atoms with Crippen LogP contribution in [0.1, 0.15) is 37.4 Å². The van der Waals surface area contributed by atoms with E-state index in [2.05, 4.69) is 41.2 Å². The second-order valence-electron chi connectivity index (χ2n) is 4.40. The van der Waals surface area contributed by atoms with E-state index >= 15 is 0 Å². The van der Waals surface area contributed by atoms with Crippen LogP contribution in [0.2, 0.25) is 5.02 Å². The smallest absolute Gasteiger partial charge is 0.0460 e. The van der Waals surface area contributed by atoms with Gasteiger partial charge in [0, 0.05) is 26.5 Å². The normalized spacial score (nSPS) is 23.5. The molecule has 17 heavy (non-hydrogen) atoms. The van der Waals surface area contributed by atoms with Gasteiger partial charge in [0.2, 0.25) is 0 Å². The third-order valence-corrected chi connectivity index (χ3v) is 5.15. The Labute approximate surface area is 121 Å². The van der Waals surface area contributed by atoms with Crippen LogP contribution >= 0.6 is 39.3 Å². The van der Waals surface area contributed by atoms with Gasteiger partial charge in [0.25, 0.3) is 0 Å². The van der Waals surface area contributed by atoms with E-state index in [1.165, 1.54) is 11.1 Å². The minimum atomic E-state index is 0.415. The van der Waals surface area contributed by atoms with Gasteiger partial charge in [-0.25, -0.2) is 0 Å². The molecule has 1 heterocycles. The predicted octanol–water partition coefficient (Wildman–Crippen LogP) is 4.78. The lowest BCUT2D eigenvalue weighted by atomic mass is 9.98. The molecule has 0 aromatic heterocycles. The number of rotatable bonds is 3. The fraction of sp³-hybridized carbons (Fsp3) is 0.538. The maximum Gasteiger partial charge on any atom is 0.0460 e. The van der Waals surface area contributed by atoms with Crippen LogP contribution in [0.4, 0.5) is 0 Å². The third-order valence-electron chi connectivity index (χ3n) is 3.10. The Morgan fingerprint density at radius 2 is 2.29 bits per heavy atom. The second kappa shape index (κ2) is 5.96. The van der Waals surface area contributed by atoms with Crippen LogP contribution in [0.15, 0.2) is 16.6 Å². The Morgan fingerprint density at radius 3 is 3.00 bits per heavy atom. The molecule has 2 rings (SSSR count). The highest BCUT2D eigenvalue weighted by Crippen LogP contribution is 2.41. The fourth-order valence-electron chi connectivity index (χ4n) is 2.19. The van der Waals surface area contributed by atoms with E-state index in [0.29, 0.717) is 11.3 Å². The van der Waals surface area contributed by atoms with E-state index < -0.39 is 0 Å². The lowest BCUT2D eigenvalue weighted by Gasteiger charge is -2.32. The molecular weight excluding hydrogens is 318 g/mol. The Bertz CT molecular complexity index is 411. The molecule has 1 aromatic rings. The van der Waals surface area contributed by atoms with Gasteiger partial charge in [0.05, 0.1) is 0 Å². The van der Waals surface area contributed by atoms with Crippen molar-refractivity contribution < 1.29 is 0 Å². The molecule has 0 saturated carbocycles. The van der Waals surface area contributed by atoms with E-state index in [4.69, 9.17) is 11.6 Å². The van der Waals surface area contributed by atoms with Crippen LogP contribution in [0.25, 0.3) is 0 Å². The summed E-state index contributed by atoms with van der Waals surface area (Å²) < 4.78 is 1.07. The number of thioether (sulfide) groups is 1. The average molecular weight is 335 g/mol. The van der Waals surface area contributed by atoms with Crippen molar-refractivity contribution in [3.8, 4) is 0 Å². The van der Waals surface area contributed by atoms with Crippen molar-refractivity contribution in [2.75, 3.05) is 6.54 Å². The first-order valence-electron chi connectivity index (χ1n) is 5.96. The van der Waals surface area contributed by atoms with Gasteiger partial charge in [0.15, 0.2) is 0 Å². The minimum Gasteiger partial charge on any atom is -0.309 e. The van der Waals surface area contributed by atoms with Crippen LogP contribution in [-0.2, 0) is 5.75 Å². The quantitative estimate of drug-likeness (QED) is 0.854. The summed E-state index contributed by atoms with van der Waals surface area (Å²) >= 11 is 11.8. The van der Waals surface area contributed by atoms with Crippen molar-refractivity contribution in [3.05, 3.63) is 32.8 Å². The van der Waals surface area contributed by atoms with E-state index in [1.54, 1.807) is 0 Å². The largest absolute Gasteiger partial charge is 0.309 e. The Balaban J connectivity index is 2.36. The highest BCUT2D eigenvalue weighted by molar-refractivity contribution is 9.10. The minimum absolute atomic E-state index is 0.415. The lowest BCUT2D eigenvalue weighted by molar-refractivity contribution is 0.521. The van der Waals surface area contributed by atoms with Crippen molar-refractivity contribution in [2.24, 2.45) is 0 Å².